The van der Waals surface area contributed by atoms with E-state index in [0.717, 1.165) is 24.5 Å². The molecule has 0 aromatic heterocycles. The number of hydrogen-bond acceptors (Lipinski definition) is 3. The molecule has 1 N–H and O–H groups in total. The van der Waals surface area contributed by atoms with Gasteiger partial charge in [-0.3, -0.25) is 0 Å². The predicted octanol–water partition coefficient (Wildman–Crippen LogP) is 1.91. The Hall–Kier alpha value is -1.22. The van der Waals surface area contributed by atoms with Crippen LogP contribution in [0.1, 0.15) is 18.9 Å². The third kappa shape index (κ3) is 1.67. The second-order valence-corrected chi connectivity index (χ2v) is 4.08. The van der Waals surface area contributed by atoms with Gasteiger partial charge >= 0.3 is 0 Å². The summed E-state index contributed by atoms with van der Waals surface area (Å²) in [6, 6.07) is 5.93. The molecule has 1 aromatic rings. The van der Waals surface area contributed by atoms with E-state index in [0.29, 0.717) is 0 Å². The fraction of sp³-hybridized carbons (Fsp3) is 0.500. The average molecular weight is 207 g/mol. The van der Waals surface area contributed by atoms with Crippen LogP contribution in [-0.2, 0) is 5.54 Å². The first kappa shape index (κ1) is 10.3. The van der Waals surface area contributed by atoms with E-state index in [-0.39, 0.29) is 5.54 Å². The predicted molar refractivity (Wildman–Crippen MR) is 59.5 cm³/mol. The largest absolute Gasteiger partial charge is 0.497 e. The molecule has 1 aliphatic rings. The summed E-state index contributed by atoms with van der Waals surface area (Å²) in [5.41, 5.74) is 1.22. The molecule has 1 aliphatic heterocycles. The highest BCUT2D eigenvalue weighted by Gasteiger charge is 2.35. The molecular formula is C12H17NO2. The fourth-order valence-electron chi connectivity index (χ4n) is 1.98. The second-order valence-electron chi connectivity index (χ2n) is 4.08. The monoisotopic (exact) mass is 207 g/mol. The Kier molecular flexibility index (Phi) is 2.57. The van der Waals surface area contributed by atoms with Gasteiger partial charge in [0.15, 0.2) is 0 Å². The number of benzene rings is 1. The number of nitrogens with one attached hydrogen (secondary N) is 1. The third-order valence-corrected chi connectivity index (χ3v) is 3.14. The molecule has 0 amide bonds. The van der Waals surface area contributed by atoms with Crippen LogP contribution in [0.2, 0.25) is 0 Å². The molecule has 1 heterocycles. The lowest BCUT2D eigenvalue weighted by molar-refractivity contribution is 0.227. The Morgan fingerprint density at radius 2 is 2.00 bits per heavy atom. The minimum absolute atomic E-state index is 0.0416. The third-order valence-electron chi connectivity index (χ3n) is 3.14. The van der Waals surface area contributed by atoms with Crippen molar-refractivity contribution in [3.8, 4) is 11.5 Å². The van der Waals surface area contributed by atoms with Gasteiger partial charge in [-0.15, -0.1) is 0 Å². The van der Waals surface area contributed by atoms with Gasteiger partial charge in [0.25, 0.3) is 0 Å². The van der Waals surface area contributed by atoms with Crippen LogP contribution in [0, 0.1) is 0 Å². The zero-order valence-corrected chi connectivity index (χ0v) is 9.46. The normalized spacial score (nSPS) is 24.5. The summed E-state index contributed by atoms with van der Waals surface area (Å²) < 4.78 is 10.6. The Morgan fingerprint density at radius 3 is 2.47 bits per heavy atom. The summed E-state index contributed by atoms with van der Waals surface area (Å²) in [4.78, 5) is 0. The van der Waals surface area contributed by atoms with Crippen LogP contribution in [-0.4, -0.2) is 20.8 Å². The van der Waals surface area contributed by atoms with E-state index in [4.69, 9.17) is 9.47 Å². The van der Waals surface area contributed by atoms with E-state index in [9.17, 15) is 0 Å². The molecule has 1 atom stereocenters. The van der Waals surface area contributed by atoms with Gasteiger partial charge in [0.1, 0.15) is 11.5 Å². The summed E-state index contributed by atoms with van der Waals surface area (Å²) in [5.74, 6) is 1.80. The van der Waals surface area contributed by atoms with E-state index in [1.807, 2.05) is 18.2 Å². The first-order valence-electron chi connectivity index (χ1n) is 5.17. The molecule has 2 rings (SSSR count). The zero-order chi connectivity index (χ0) is 10.9. The summed E-state index contributed by atoms with van der Waals surface area (Å²) in [7, 11) is 3.38. The van der Waals surface area contributed by atoms with Crippen molar-refractivity contribution in [2.45, 2.75) is 18.9 Å². The summed E-state index contributed by atoms with van der Waals surface area (Å²) in [6.45, 7) is 3.25. The summed E-state index contributed by atoms with van der Waals surface area (Å²) in [6.07, 6.45) is 1.14. The molecule has 15 heavy (non-hydrogen) atoms. The minimum Gasteiger partial charge on any atom is -0.497 e. The molecule has 82 valence electrons. The average Bonchev–Trinajstić information content (AvgIpc) is 2.25. The molecule has 1 fully saturated rings. The number of ether oxygens (including phenoxy) is 2. The molecule has 0 bridgehead atoms. The van der Waals surface area contributed by atoms with Gasteiger partial charge in [-0.05, 0) is 38.1 Å². The molecule has 1 aromatic carbocycles. The first-order valence-corrected chi connectivity index (χ1v) is 5.17. The lowest BCUT2D eigenvalue weighted by Gasteiger charge is -2.41. The van der Waals surface area contributed by atoms with Crippen molar-refractivity contribution in [3.63, 3.8) is 0 Å². The van der Waals surface area contributed by atoms with Crippen molar-refractivity contribution in [2.75, 3.05) is 20.8 Å². The quantitative estimate of drug-likeness (QED) is 0.821. The molecular weight excluding hydrogens is 190 g/mol. The molecule has 0 spiro atoms. The topological polar surface area (TPSA) is 30.5 Å². The van der Waals surface area contributed by atoms with Crippen LogP contribution in [0.25, 0.3) is 0 Å². The number of rotatable bonds is 3. The van der Waals surface area contributed by atoms with Crippen molar-refractivity contribution in [1.82, 2.24) is 5.32 Å². The van der Waals surface area contributed by atoms with Crippen LogP contribution in [0.15, 0.2) is 18.2 Å². The summed E-state index contributed by atoms with van der Waals surface area (Å²) in [5, 5.41) is 3.43. The Bertz CT molecular complexity index is 359. The van der Waals surface area contributed by atoms with E-state index in [1.165, 1.54) is 5.56 Å². The van der Waals surface area contributed by atoms with E-state index >= 15 is 0 Å². The van der Waals surface area contributed by atoms with Crippen molar-refractivity contribution < 1.29 is 9.47 Å². The van der Waals surface area contributed by atoms with Gasteiger partial charge in [-0.1, -0.05) is 0 Å². The van der Waals surface area contributed by atoms with E-state index in [1.54, 1.807) is 14.2 Å². The van der Waals surface area contributed by atoms with Gasteiger partial charge in [-0.25, -0.2) is 0 Å². The lowest BCUT2D eigenvalue weighted by Crippen LogP contribution is -2.51. The molecule has 0 saturated carbocycles. The smallest absolute Gasteiger partial charge is 0.124 e. The van der Waals surface area contributed by atoms with Gasteiger partial charge in [-0.2, -0.15) is 0 Å². The van der Waals surface area contributed by atoms with Crippen molar-refractivity contribution in [2.24, 2.45) is 0 Å². The van der Waals surface area contributed by atoms with Crippen LogP contribution < -0.4 is 14.8 Å². The maximum absolute atomic E-state index is 5.37. The molecule has 3 nitrogen and oxygen atoms in total. The lowest BCUT2D eigenvalue weighted by atomic mass is 9.82. The molecule has 0 radical (unpaired) electrons. The standard InChI is InChI=1S/C12H17NO2/c1-12(6-7-13-12)10-8-9(14-2)4-5-11(10)15-3/h4-5,8,13H,6-7H2,1-3H3. The van der Waals surface area contributed by atoms with Gasteiger partial charge in [0, 0.05) is 11.1 Å². The highest BCUT2D eigenvalue weighted by Crippen LogP contribution is 2.38. The number of hydrogen-bond donors (Lipinski definition) is 1. The molecule has 0 aliphatic carbocycles. The van der Waals surface area contributed by atoms with Crippen molar-refractivity contribution in [1.29, 1.82) is 0 Å². The van der Waals surface area contributed by atoms with Crippen LogP contribution in [0.3, 0.4) is 0 Å². The maximum Gasteiger partial charge on any atom is 0.124 e. The summed E-state index contributed by atoms with van der Waals surface area (Å²) >= 11 is 0. The molecule has 1 saturated heterocycles. The van der Waals surface area contributed by atoms with Crippen LogP contribution >= 0.6 is 0 Å². The fourth-order valence-corrected chi connectivity index (χ4v) is 1.98. The molecule has 3 heteroatoms. The Morgan fingerprint density at radius 1 is 1.27 bits per heavy atom. The highest BCUT2D eigenvalue weighted by atomic mass is 16.5. The van der Waals surface area contributed by atoms with E-state index < -0.39 is 0 Å². The SMILES string of the molecule is COc1ccc(OC)c(C2(C)CCN2)c1. The Labute approximate surface area is 90.4 Å². The van der Waals surface area contributed by atoms with Crippen molar-refractivity contribution >= 4 is 0 Å². The second kappa shape index (κ2) is 3.74. The maximum atomic E-state index is 5.37. The Balaban J connectivity index is 2.41. The van der Waals surface area contributed by atoms with Gasteiger partial charge < -0.3 is 14.8 Å². The van der Waals surface area contributed by atoms with E-state index in [2.05, 4.69) is 12.2 Å². The first-order chi connectivity index (χ1) is 7.19. The highest BCUT2D eigenvalue weighted by molar-refractivity contribution is 5.45. The number of methoxy groups -OCH3 is 2. The van der Waals surface area contributed by atoms with Gasteiger partial charge in [0.2, 0.25) is 0 Å². The van der Waals surface area contributed by atoms with Crippen molar-refractivity contribution in [3.05, 3.63) is 23.8 Å². The minimum atomic E-state index is 0.0416. The zero-order valence-electron chi connectivity index (χ0n) is 9.46. The molecule has 1 unspecified atom stereocenters. The van der Waals surface area contributed by atoms with Crippen LogP contribution in [0.5, 0.6) is 11.5 Å². The van der Waals surface area contributed by atoms with Crippen LogP contribution in [0.4, 0.5) is 0 Å². The van der Waals surface area contributed by atoms with Gasteiger partial charge in [0.05, 0.1) is 14.2 Å².